The summed E-state index contributed by atoms with van der Waals surface area (Å²) in [6.45, 7) is 1.19. The fourth-order valence-corrected chi connectivity index (χ4v) is 2.30. The Hall–Kier alpha value is -2.01. The van der Waals surface area contributed by atoms with Crippen molar-refractivity contribution in [3.05, 3.63) is 59.7 Å². The molecular weight excluding hydrogens is 472 g/mol. The highest BCUT2D eigenvalue weighted by molar-refractivity contribution is 14.0. The molecule has 5 nitrogen and oxygen atoms in total. The van der Waals surface area contributed by atoms with Gasteiger partial charge in [-0.2, -0.15) is 0 Å². The molecule has 2 aromatic rings. The topological polar surface area (TPSA) is 62.9 Å². The number of nitrogens with zero attached hydrogens (tertiary/aromatic N) is 2. The van der Waals surface area contributed by atoms with Gasteiger partial charge in [0.15, 0.2) is 5.96 Å². The Labute approximate surface area is 173 Å². The van der Waals surface area contributed by atoms with Crippen LogP contribution in [-0.2, 0) is 13.1 Å². The zero-order chi connectivity index (χ0) is 19.2. The highest BCUT2D eigenvalue weighted by Crippen LogP contribution is 2.23. The number of benzene rings is 2. The summed E-state index contributed by atoms with van der Waals surface area (Å²) >= 11 is 0. The van der Waals surface area contributed by atoms with Gasteiger partial charge in [-0.05, 0) is 49.5 Å². The third-order valence-corrected chi connectivity index (χ3v) is 3.39. The summed E-state index contributed by atoms with van der Waals surface area (Å²) < 4.78 is 40.3. The molecule has 0 radical (unpaired) electrons. The van der Waals surface area contributed by atoms with Crippen LogP contribution in [0.15, 0.2) is 53.5 Å². The van der Waals surface area contributed by atoms with Crippen molar-refractivity contribution in [1.82, 2.24) is 4.90 Å². The maximum atomic E-state index is 12.1. The average Bonchev–Trinajstić information content (AvgIpc) is 2.54. The van der Waals surface area contributed by atoms with Crippen LogP contribution in [0.25, 0.3) is 0 Å². The van der Waals surface area contributed by atoms with E-state index < -0.39 is 6.36 Å². The van der Waals surface area contributed by atoms with Gasteiger partial charge in [-0.25, -0.2) is 4.99 Å². The Morgan fingerprint density at radius 1 is 1.07 bits per heavy atom. The van der Waals surface area contributed by atoms with Gasteiger partial charge < -0.3 is 20.7 Å². The fourth-order valence-electron chi connectivity index (χ4n) is 2.30. The lowest BCUT2D eigenvalue weighted by atomic mass is 10.1. The monoisotopic (exact) mass is 494 g/mol. The van der Waals surface area contributed by atoms with E-state index in [1.807, 2.05) is 38.4 Å². The van der Waals surface area contributed by atoms with Crippen LogP contribution >= 0.6 is 24.0 Å². The molecule has 27 heavy (non-hydrogen) atoms. The van der Waals surface area contributed by atoms with E-state index in [1.165, 1.54) is 24.3 Å². The summed E-state index contributed by atoms with van der Waals surface area (Å²) in [4.78, 5) is 6.36. The molecule has 2 aromatic carbocycles. The number of hydrogen-bond donors (Lipinski definition) is 2. The lowest BCUT2D eigenvalue weighted by molar-refractivity contribution is -0.274. The number of aliphatic imine (C=N–C) groups is 1. The van der Waals surface area contributed by atoms with Gasteiger partial charge in [0.25, 0.3) is 0 Å². The molecule has 0 unspecified atom stereocenters. The van der Waals surface area contributed by atoms with E-state index in [1.54, 1.807) is 0 Å². The zero-order valence-corrected chi connectivity index (χ0v) is 17.3. The van der Waals surface area contributed by atoms with Crippen LogP contribution in [0.2, 0.25) is 0 Å². The van der Waals surface area contributed by atoms with Crippen LogP contribution in [0.5, 0.6) is 5.75 Å². The predicted octanol–water partition coefficient (Wildman–Crippen LogP) is 4.19. The number of rotatable bonds is 6. The Morgan fingerprint density at radius 3 is 2.22 bits per heavy atom. The zero-order valence-electron chi connectivity index (χ0n) is 15.0. The molecule has 3 N–H and O–H groups in total. The van der Waals surface area contributed by atoms with E-state index in [9.17, 15) is 13.2 Å². The average molecular weight is 494 g/mol. The maximum Gasteiger partial charge on any atom is 0.573 e. The number of alkyl halides is 3. The maximum absolute atomic E-state index is 12.1. The van der Waals surface area contributed by atoms with Gasteiger partial charge in [-0.1, -0.05) is 24.3 Å². The molecule has 0 atom stereocenters. The van der Waals surface area contributed by atoms with Gasteiger partial charge in [0.05, 0.1) is 6.54 Å². The van der Waals surface area contributed by atoms with Gasteiger partial charge in [0, 0.05) is 12.2 Å². The minimum Gasteiger partial charge on any atom is -0.406 e. The third kappa shape index (κ3) is 8.48. The Bertz CT molecular complexity index is 749. The Morgan fingerprint density at radius 2 is 1.67 bits per heavy atom. The molecular formula is C18H22F3IN4O. The second-order valence-corrected chi connectivity index (χ2v) is 5.91. The first-order valence-corrected chi connectivity index (χ1v) is 7.87. The molecule has 0 aliphatic carbocycles. The van der Waals surface area contributed by atoms with Crippen molar-refractivity contribution in [2.24, 2.45) is 10.7 Å². The van der Waals surface area contributed by atoms with Crippen LogP contribution in [0.4, 0.5) is 18.9 Å². The van der Waals surface area contributed by atoms with Crippen LogP contribution in [-0.4, -0.2) is 31.3 Å². The second kappa shape index (κ2) is 10.4. The number of nitrogens with two attached hydrogens (primary N) is 1. The molecule has 0 amide bonds. The van der Waals surface area contributed by atoms with Crippen LogP contribution < -0.4 is 15.8 Å². The number of ether oxygens (including phenoxy) is 1. The van der Waals surface area contributed by atoms with Gasteiger partial charge in [0.2, 0.25) is 0 Å². The first kappa shape index (κ1) is 23.0. The van der Waals surface area contributed by atoms with Crippen LogP contribution in [0, 0.1) is 0 Å². The molecule has 0 fully saturated rings. The SMILES string of the molecule is CN(C)Cc1ccccc1CN=C(N)Nc1ccc(OC(F)(F)F)cc1.I. The summed E-state index contributed by atoms with van der Waals surface area (Å²) in [5, 5.41) is 2.84. The minimum atomic E-state index is -4.71. The quantitative estimate of drug-likeness (QED) is 0.359. The van der Waals surface area contributed by atoms with Crippen molar-refractivity contribution in [2.45, 2.75) is 19.5 Å². The van der Waals surface area contributed by atoms with Crippen molar-refractivity contribution in [3.8, 4) is 5.75 Å². The number of anilines is 1. The lowest BCUT2D eigenvalue weighted by Gasteiger charge is -2.13. The first-order chi connectivity index (χ1) is 12.2. The predicted molar refractivity (Wildman–Crippen MR) is 111 cm³/mol. The van der Waals surface area contributed by atoms with Gasteiger partial charge >= 0.3 is 6.36 Å². The largest absolute Gasteiger partial charge is 0.573 e. The Kier molecular flexibility index (Phi) is 8.83. The van der Waals surface area contributed by atoms with E-state index in [0.717, 1.165) is 17.7 Å². The highest BCUT2D eigenvalue weighted by atomic mass is 127. The molecule has 0 bridgehead atoms. The van der Waals surface area contributed by atoms with Gasteiger partial charge in [0.1, 0.15) is 5.75 Å². The number of guanidine groups is 1. The summed E-state index contributed by atoms with van der Waals surface area (Å²) in [5.41, 5.74) is 8.59. The fraction of sp³-hybridized carbons (Fsp3) is 0.278. The van der Waals surface area contributed by atoms with Gasteiger partial charge in [-0.3, -0.25) is 0 Å². The van der Waals surface area contributed by atoms with E-state index in [0.29, 0.717) is 12.2 Å². The number of hydrogen-bond acceptors (Lipinski definition) is 3. The number of nitrogens with one attached hydrogen (secondary N) is 1. The van der Waals surface area contributed by atoms with Crippen molar-refractivity contribution in [2.75, 3.05) is 19.4 Å². The normalized spacial score (nSPS) is 11.9. The molecule has 0 saturated carbocycles. The molecule has 9 heteroatoms. The molecule has 0 heterocycles. The molecule has 148 valence electrons. The summed E-state index contributed by atoms with van der Waals surface area (Å²) in [7, 11) is 3.98. The van der Waals surface area contributed by atoms with Crippen molar-refractivity contribution >= 4 is 35.6 Å². The van der Waals surface area contributed by atoms with Crippen LogP contribution in [0.3, 0.4) is 0 Å². The van der Waals surface area contributed by atoms with Crippen molar-refractivity contribution in [3.63, 3.8) is 0 Å². The van der Waals surface area contributed by atoms with Gasteiger partial charge in [-0.15, -0.1) is 37.1 Å². The molecule has 0 aliphatic heterocycles. The number of halogens is 4. The smallest absolute Gasteiger partial charge is 0.406 e. The van der Waals surface area contributed by atoms with Crippen LogP contribution in [0.1, 0.15) is 11.1 Å². The molecule has 0 aromatic heterocycles. The standard InChI is InChI=1S/C18H21F3N4O.HI/c1-25(2)12-14-6-4-3-5-13(14)11-23-17(22)24-15-7-9-16(10-8-15)26-18(19,20)21;/h3-10H,11-12H2,1-2H3,(H3,22,23,24);1H. The first-order valence-electron chi connectivity index (χ1n) is 7.87. The van der Waals surface area contributed by atoms with Crippen molar-refractivity contribution in [1.29, 1.82) is 0 Å². The molecule has 0 aliphatic rings. The highest BCUT2D eigenvalue weighted by Gasteiger charge is 2.30. The Balaban J connectivity index is 0.00000364. The summed E-state index contributed by atoms with van der Waals surface area (Å²) in [6, 6.07) is 13.2. The van der Waals surface area contributed by atoms with E-state index in [2.05, 4.69) is 19.9 Å². The van der Waals surface area contributed by atoms with E-state index in [4.69, 9.17) is 5.73 Å². The van der Waals surface area contributed by atoms with E-state index >= 15 is 0 Å². The van der Waals surface area contributed by atoms with Crippen molar-refractivity contribution < 1.29 is 17.9 Å². The third-order valence-electron chi connectivity index (χ3n) is 3.39. The minimum absolute atomic E-state index is 0. The summed E-state index contributed by atoms with van der Waals surface area (Å²) in [5.74, 6) is -0.120. The summed E-state index contributed by atoms with van der Waals surface area (Å²) in [6.07, 6.45) is -4.71. The van der Waals surface area contributed by atoms with E-state index in [-0.39, 0.29) is 35.7 Å². The molecule has 0 spiro atoms. The second-order valence-electron chi connectivity index (χ2n) is 5.91. The molecule has 2 rings (SSSR count). The molecule has 0 saturated heterocycles. The lowest BCUT2D eigenvalue weighted by Crippen LogP contribution is -2.23.